The van der Waals surface area contributed by atoms with E-state index in [0.717, 1.165) is 10.5 Å². The predicted molar refractivity (Wildman–Crippen MR) is 65.8 cm³/mol. The number of hydrogen-bond donors (Lipinski definition) is 0. The molecule has 0 aliphatic carbocycles. The van der Waals surface area contributed by atoms with Crippen LogP contribution in [-0.4, -0.2) is 29.4 Å². The number of carbonyl (C=O) groups is 2. The van der Waals surface area contributed by atoms with Crippen LogP contribution in [0.3, 0.4) is 0 Å². The maximum absolute atomic E-state index is 12.1. The zero-order valence-electron chi connectivity index (χ0n) is 10.3. The Morgan fingerprint density at radius 1 is 1.28 bits per heavy atom. The van der Waals surface area contributed by atoms with Crippen LogP contribution in [0.4, 0.5) is 10.5 Å². The molecule has 1 aliphatic heterocycles. The molecule has 5 nitrogen and oxygen atoms in total. The highest BCUT2D eigenvalue weighted by Crippen LogP contribution is 2.25. The SMILES string of the molecule is Cc1ccc(N2C(=O)N(CC#N)C(=O)C2C)cc1. The summed E-state index contributed by atoms with van der Waals surface area (Å²) in [6.45, 7) is 3.41. The fourth-order valence-corrected chi connectivity index (χ4v) is 1.98. The minimum absolute atomic E-state index is 0.204. The second kappa shape index (κ2) is 4.49. The molecule has 1 aromatic rings. The molecule has 92 valence electrons. The monoisotopic (exact) mass is 243 g/mol. The van der Waals surface area contributed by atoms with Crippen molar-refractivity contribution in [2.75, 3.05) is 11.4 Å². The van der Waals surface area contributed by atoms with Crippen molar-refractivity contribution in [1.82, 2.24) is 4.90 Å². The second-order valence-electron chi connectivity index (χ2n) is 4.25. The summed E-state index contributed by atoms with van der Waals surface area (Å²) >= 11 is 0. The van der Waals surface area contributed by atoms with Crippen LogP contribution in [0, 0.1) is 18.3 Å². The molecule has 1 unspecified atom stereocenters. The van der Waals surface area contributed by atoms with Crippen LogP contribution in [0.2, 0.25) is 0 Å². The van der Waals surface area contributed by atoms with Crippen LogP contribution in [0.25, 0.3) is 0 Å². The van der Waals surface area contributed by atoms with E-state index in [4.69, 9.17) is 5.26 Å². The smallest absolute Gasteiger partial charge is 0.282 e. The lowest BCUT2D eigenvalue weighted by atomic mass is 10.2. The number of aryl methyl sites for hydroxylation is 1. The minimum atomic E-state index is -0.562. The molecule has 3 amide bonds. The molecule has 2 rings (SSSR count). The highest BCUT2D eigenvalue weighted by atomic mass is 16.2. The number of carbonyl (C=O) groups excluding carboxylic acids is 2. The van der Waals surface area contributed by atoms with Crippen molar-refractivity contribution < 1.29 is 9.59 Å². The van der Waals surface area contributed by atoms with E-state index in [1.807, 2.05) is 25.1 Å². The van der Waals surface area contributed by atoms with Gasteiger partial charge in [-0.2, -0.15) is 5.26 Å². The fraction of sp³-hybridized carbons (Fsp3) is 0.308. The minimum Gasteiger partial charge on any atom is -0.282 e. The summed E-state index contributed by atoms with van der Waals surface area (Å²) in [4.78, 5) is 26.3. The molecule has 0 saturated carbocycles. The predicted octanol–water partition coefficient (Wildman–Crippen LogP) is 1.68. The third-order valence-electron chi connectivity index (χ3n) is 2.99. The summed E-state index contributed by atoms with van der Waals surface area (Å²) in [6, 6.07) is 8.20. The largest absolute Gasteiger partial charge is 0.332 e. The van der Waals surface area contributed by atoms with Crippen LogP contribution < -0.4 is 4.90 Å². The van der Waals surface area contributed by atoms with Crippen molar-refractivity contribution in [3.63, 3.8) is 0 Å². The van der Waals surface area contributed by atoms with Crippen LogP contribution in [-0.2, 0) is 4.79 Å². The topological polar surface area (TPSA) is 64.4 Å². The van der Waals surface area contributed by atoms with Crippen LogP contribution in [0.5, 0.6) is 0 Å². The number of rotatable bonds is 2. The highest BCUT2D eigenvalue weighted by Gasteiger charge is 2.42. The van der Waals surface area contributed by atoms with Gasteiger partial charge in [0.2, 0.25) is 0 Å². The van der Waals surface area contributed by atoms with E-state index in [-0.39, 0.29) is 12.5 Å². The summed E-state index contributed by atoms with van der Waals surface area (Å²) < 4.78 is 0. The number of urea groups is 1. The Bertz CT molecular complexity index is 530. The molecular formula is C13H13N3O2. The van der Waals surface area contributed by atoms with Crippen molar-refractivity contribution in [2.24, 2.45) is 0 Å². The van der Waals surface area contributed by atoms with Gasteiger partial charge in [-0.25, -0.2) is 9.69 Å². The van der Waals surface area contributed by atoms with Gasteiger partial charge < -0.3 is 0 Å². The normalized spacial score (nSPS) is 19.3. The molecule has 5 heteroatoms. The molecule has 18 heavy (non-hydrogen) atoms. The van der Waals surface area contributed by atoms with Crippen LogP contribution in [0.1, 0.15) is 12.5 Å². The fourth-order valence-electron chi connectivity index (χ4n) is 1.98. The Labute approximate surface area is 105 Å². The second-order valence-corrected chi connectivity index (χ2v) is 4.25. The number of nitriles is 1. The molecule has 1 heterocycles. The maximum atomic E-state index is 12.1. The number of anilines is 1. The van der Waals surface area contributed by atoms with Crippen molar-refractivity contribution in [1.29, 1.82) is 5.26 Å². The molecule has 0 N–H and O–H groups in total. The average Bonchev–Trinajstić information content (AvgIpc) is 2.56. The van der Waals surface area contributed by atoms with Crippen LogP contribution in [0.15, 0.2) is 24.3 Å². The number of benzene rings is 1. The molecule has 1 aliphatic rings. The molecule has 1 aromatic carbocycles. The number of nitrogens with zero attached hydrogens (tertiary/aromatic N) is 3. The Hall–Kier alpha value is -2.35. The summed E-state index contributed by atoms with van der Waals surface area (Å²) in [7, 11) is 0. The van der Waals surface area contributed by atoms with Gasteiger partial charge in [-0.15, -0.1) is 0 Å². The first-order valence-electron chi connectivity index (χ1n) is 5.64. The van der Waals surface area contributed by atoms with Crippen molar-refractivity contribution >= 4 is 17.6 Å². The lowest BCUT2D eigenvalue weighted by Gasteiger charge is -2.19. The number of amides is 3. The Kier molecular flexibility index (Phi) is 3.02. The third-order valence-corrected chi connectivity index (χ3v) is 2.99. The first-order valence-corrected chi connectivity index (χ1v) is 5.64. The lowest BCUT2D eigenvalue weighted by molar-refractivity contribution is -0.126. The van der Waals surface area contributed by atoms with Gasteiger partial charge >= 0.3 is 6.03 Å². The zero-order valence-corrected chi connectivity index (χ0v) is 10.3. The van der Waals surface area contributed by atoms with Gasteiger partial charge in [-0.1, -0.05) is 17.7 Å². The van der Waals surface area contributed by atoms with Gasteiger partial charge in [0.15, 0.2) is 0 Å². The summed E-state index contributed by atoms with van der Waals surface area (Å²) in [5.74, 6) is -0.331. The standard InChI is InChI=1S/C13H13N3O2/c1-9-3-5-11(6-4-9)16-10(2)12(17)15(8-7-14)13(16)18/h3-6,10H,8H2,1-2H3. The summed E-state index contributed by atoms with van der Waals surface area (Å²) in [5, 5.41) is 8.63. The van der Waals surface area contributed by atoms with Crippen molar-refractivity contribution in [3.05, 3.63) is 29.8 Å². The quantitative estimate of drug-likeness (QED) is 0.586. The van der Waals surface area contributed by atoms with Gasteiger partial charge in [0, 0.05) is 5.69 Å². The summed E-state index contributed by atoms with van der Waals surface area (Å²) in [5.41, 5.74) is 1.75. The Morgan fingerprint density at radius 3 is 2.44 bits per heavy atom. The molecule has 1 atom stereocenters. The van der Waals surface area contributed by atoms with Gasteiger partial charge in [-0.3, -0.25) is 9.69 Å². The molecule has 0 bridgehead atoms. The Balaban J connectivity index is 2.34. The first-order chi connectivity index (χ1) is 8.56. The number of hydrogen-bond acceptors (Lipinski definition) is 3. The molecule has 0 radical (unpaired) electrons. The molecule has 1 fully saturated rings. The number of imide groups is 1. The average molecular weight is 243 g/mol. The van der Waals surface area contributed by atoms with E-state index in [9.17, 15) is 9.59 Å². The maximum Gasteiger partial charge on any atom is 0.332 e. The molecule has 1 saturated heterocycles. The van der Waals surface area contributed by atoms with E-state index >= 15 is 0 Å². The van der Waals surface area contributed by atoms with E-state index in [2.05, 4.69) is 0 Å². The van der Waals surface area contributed by atoms with Crippen molar-refractivity contribution in [2.45, 2.75) is 19.9 Å². The van der Waals surface area contributed by atoms with E-state index in [1.165, 1.54) is 4.90 Å². The van der Waals surface area contributed by atoms with E-state index in [0.29, 0.717) is 5.69 Å². The summed E-state index contributed by atoms with van der Waals surface area (Å²) in [6.07, 6.45) is 0. The van der Waals surface area contributed by atoms with Crippen molar-refractivity contribution in [3.8, 4) is 6.07 Å². The van der Waals surface area contributed by atoms with Gasteiger partial charge in [0.05, 0.1) is 6.07 Å². The van der Waals surface area contributed by atoms with Gasteiger partial charge in [-0.05, 0) is 26.0 Å². The van der Waals surface area contributed by atoms with Gasteiger partial charge in [0.25, 0.3) is 5.91 Å². The zero-order chi connectivity index (χ0) is 13.3. The van der Waals surface area contributed by atoms with Crippen LogP contribution >= 0.6 is 0 Å². The molecular weight excluding hydrogens is 230 g/mol. The molecule has 0 aromatic heterocycles. The lowest BCUT2D eigenvalue weighted by Crippen LogP contribution is -2.34. The first kappa shape index (κ1) is 12.1. The van der Waals surface area contributed by atoms with E-state index in [1.54, 1.807) is 19.1 Å². The van der Waals surface area contributed by atoms with E-state index < -0.39 is 12.1 Å². The van der Waals surface area contributed by atoms with Gasteiger partial charge in [0.1, 0.15) is 12.6 Å². The molecule has 0 spiro atoms. The Morgan fingerprint density at radius 2 is 1.89 bits per heavy atom. The third kappa shape index (κ3) is 1.82. The highest BCUT2D eigenvalue weighted by molar-refractivity contribution is 6.14.